The number of hydrogen-bond donors (Lipinski definition) is 0. The van der Waals surface area contributed by atoms with Crippen molar-refractivity contribution < 1.29 is 0 Å². The van der Waals surface area contributed by atoms with Crippen LogP contribution in [0.5, 0.6) is 0 Å². The predicted molar refractivity (Wildman–Crippen MR) is 151 cm³/mol. The monoisotopic (exact) mass is 453 g/mol. The predicted octanol–water partition coefficient (Wildman–Crippen LogP) is 9.72. The lowest BCUT2D eigenvalue weighted by Crippen LogP contribution is -2.11. The number of rotatable bonds is 5. The van der Waals surface area contributed by atoms with Gasteiger partial charge in [-0.2, -0.15) is 0 Å². The Morgan fingerprint density at radius 3 is 1.09 bits per heavy atom. The minimum atomic E-state index is 1.15. The van der Waals surface area contributed by atoms with Crippen molar-refractivity contribution in [3.8, 4) is 22.3 Å². The van der Waals surface area contributed by atoms with Crippen molar-refractivity contribution >= 4 is 17.1 Å². The Kier molecular flexibility index (Phi) is 6.25. The van der Waals surface area contributed by atoms with E-state index in [0.29, 0.717) is 0 Å². The van der Waals surface area contributed by atoms with Gasteiger partial charge in [-0.3, -0.25) is 0 Å². The molecule has 0 N–H and O–H groups in total. The molecule has 172 valence electrons. The molecule has 5 aromatic carbocycles. The van der Waals surface area contributed by atoms with Crippen LogP contribution in [0.3, 0.4) is 0 Å². The Labute approximate surface area is 209 Å². The molecule has 35 heavy (non-hydrogen) atoms. The molecule has 0 aromatic heterocycles. The second-order valence-electron chi connectivity index (χ2n) is 9.45. The lowest BCUT2D eigenvalue weighted by atomic mass is 10.0. The van der Waals surface area contributed by atoms with E-state index < -0.39 is 0 Å². The number of anilines is 3. The van der Waals surface area contributed by atoms with E-state index in [9.17, 15) is 0 Å². The lowest BCUT2D eigenvalue weighted by molar-refractivity contribution is 1.24. The molecule has 0 fully saturated rings. The molecule has 1 heteroatoms. The Morgan fingerprint density at radius 1 is 0.371 bits per heavy atom. The first kappa shape index (κ1) is 22.7. The highest BCUT2D eigenvalue weighted by Gasteiger charge is 2.15. The Balaban J connectivity index is 1.55. The van der Waals surface area contributed by atoms with Gasteiger partial charge in [0.05, 0.1) is 0 Å². The van der Waals surface area contributed by atoms with Crippen molar-refractivity contribution in [1.29, 1.82) is 0 Å². The molecule has 0 saturated carbocycles. The fraction of sp³-hybridized carbons (Fsp3) is 0.118. The molecule has 0 radical (unpaired) electrons. The summed E-state index contributed by atoms with van der Waals surface area (Å²) in [5.41, 5.74) is 13.5. The van der Waals surface area contributed by atoms with E-state index in [-0.39, 0.29) is 0 Å². The van der Waals surface area contributed by atoms with Crippen LogP contribution in [0.2, 0.25) is 0 Å². The molecular formula is C34H31N. The molecule has 1 nitrogen and oxygen atoms in total. The number of aryl methyl sites for hydroxylation is 4. The van der Waals surface area contributed by atoms with Gasteiger partial charge in [0.15, 0.2) is 0 Å². The van der Waals surface area contributed by atoms with Crippen LogP contribution < -0.4 is 4.90 Å². The smallest absolute Gasteiger partial charge is 0.0490 e. The highest BCUT2D eigenvalue weighted by atomic mass is 15.1. The second-order valence-corrected chi connectivity index (χ2v) is 9.45. The van der Waals surface area contributed by atoms with Crippen molar-refractivity contribution in [3.05, 3.63) is 138 Å². The third kappa shape index (κ3) is 4.90. The summed E-state index contributed by atoms with van der Waals surface area (Å²) in [4.78, 5) is 2.35. The minimum Gasteiger partial charge on any atom is -0.310 e. The molecule has 0 saturated heterocycles. The van der Waals surface area contributed by atoms with E-state index >= 15 is 0 Å². The zero-order valence-electron chi connectivity index (χ0n) is 20.9. The summed E-state index contributed by atoms with van der Waals surface area (Å²) in [6.45, 7) is 8.59. The summed E-state index contributed by atoms with van der Waals surface area (Å²) in [6.07, 6.45) is 0. The number of benzene rings is 5. The average molecular weight is 454 g/mol. The molecule has 0 aliphatic rings. The van der Waals surface area contributed by atoms with Gasteiger partial charge in [0, 0.05) is 17.1 Å². The normalized spacial score (nSPS) is 10.9. The maximum absolute atomic E-state index is 2.35. The van der Waals surface area contributed by atoms with E-state index in [0.717, 1.165) is 11.4 Å². The van der Waals surface area contributed by atoms with Gasteiger partial charge in [-0.05, 0) is 85.8 Å². The van der Waals surface area contributed by atoms with Crippen LogP contribution in [0.25, 0.3) is 22.3 Å². The van der Waals surface area contributed by atoms with Crippen molar-refractivity contribution in [3.63, 3.8) is 0 Å². The second kappa shape index (κ2) is 9.64. The maximum Gasteiger partial charge on any atom is 0.0490 e. The van der Waals surface area contributed by atoms with Crippen molar-refractivity contribution in [2.45, 2.75) is 27.7 Å². The molecule has 0 aliphatic carbocycles. The molecule has 0 heterocycles. The third-order valence-corrected chi connectivity index (χ3v) is 6.61. The highest BCUT2D eigenvalue weighted by molar-refractivity contribution is 5.81. The topological polar surface area (TPSA) is 3.24 Å². The Morgan fingerprint density at radius 2 is 0.714 bits per heavy atom. The van der Waals surface area contributed by atoms with Crippen molar-refractivity contribution in [1.82, 2.24) is 0 Å². The number of nitrogens with zero attached hydrogens (tertiary/aromatic N) is 1. The molecule has 0 bridgehead atoms. The van der Waals surface area contributed by atoms with Gasteiger partial charge in [0.1, 0.15) is 0 Å². The Hall–Kier alpha value is -4.10. The van der Waals surface area contributed by atoms with Gasteiger partial charge in [0.2, 0.25) is 0 Å². The summed E-state index contributed by atoms with van der Waals surface area (Å²) < 4.78 is 0. The van der Waals surface area contributed by atoms with Crippen LogP contribution in [0.4, 0.5) is 17.1 Å². The molecule has 0 spiro atoms. The fourth-order valence-corrected chi connectivity index (χ4v) is 4.58. The van der Waals surface area contributed by atoms with E-state index in [1.807, 2.05) is 0 Å². The van der Waals surface area contributed by atoms with Crippen LogP contribution in [-0.2, 0) is 0 Å². The van der Waals surface area contributed by atoms with Crippen molar-refractivity contribution in [2.24, 2.45) is 0 Å². The van der Waals surface area contributed by atoms with Gasteiger partial charge in [-0.25, -0.2) is 0 Å². The standard InChI is InChI=1S/C34H31N/c1-24-5-10-28(11-6-24)30-14-18-32(19-15-30)35(34-22-9-26(3)23-27(34)4)33-20-16-31(17-21-33)29-12-7-25(2)8-13-29/h5-23H,1-4H3. The summed E-state index contributed by atoms with van der Waals surface area (Å²) in [7, 11) is 0. The van der Waals surface area contributed by atoms with E-state index in [2.05, 4.69) is 148 Å². The van der Waals surface area contributed by atoms with Gasteiger partial charge >= 0.3 is 0 Å². The first-order valence-corrected chi connectivity index (χ1v) is 12.2. The molecular weight excluding hydrogens is 422 g/mol. The van der Waals surface area contributed by atoms with Crippen molar-refractivity contribution in [2.75, 3.05) is 4.90 Å². The zero-order valence-corrected chi connectivity index (χ0v) is 20.9. The minimum absolute atomic E-state index is 1.15. The summed E-state index contributed by atoms with van der Waals surface area (Å²) in [5, 5.41) is 0. The SMILES string of the molecule is Cc1ccc(-c2ccc(N(c3ccc(-c4ccc(C)cc4)cc3)c3ccc(C)cc3C)cc2)cc1. The van der Waals surface area contributed by atoms with Gasteiger partial charge < -0.3 is 4.90 Å². The Bertz CT molecular complexity index is 1340. The quantitative estimate of drug-likeness (QED) is 0.256. The van der Waals surface area contributed by atoms with Crippen LogP contribution in [0.15, 0.2) is 115 Å². The third-order valence-electron chi connectivity index (χ3n) is 6.61. The molecule has 0 atom stereocenters. The van der Waals surface area contributed by atoms with Gasteiger partial charge in [0.25, 0.3) is 0 Å². The average Bonchev–Trinajstić information content (AvgIpc) is 2.87. The van der Waals surface area contributed by atoms with Crippen LogP contribution in [0.1, 0.15) is 22.3 Å². The summed E-state index contributed by atoms with van der Waals surface area (Å²) in [5.74, 6) is 0. The summed E-state index contributed by atoms with van der Waals surface area (Å²) >= 11 is 0. The molecule has 0 unspecified atom stereocenters. The van der Waals surface area contributed by atoms with Gasteiger partial charge in [-0.1, -0.05) is 102 Å². The molecule has 0 aliphatic heterocycles. The molecule has 5 rings (SSSR count). The van der Waals surface area contributed by atoms with Crippen LogP contribution in [0, 0.1) is 27.7 Å². The zero-order chi connectivity index (χ0) is 24.4. The molecule has 5 aromatic rings. The van der Waals surface area contributed by atoms with Gasteiger partial charge in [-0.15, -0.1) is 0 Å². The van der Waals surface area contributed by atoms with E-state index in [4.69, 9.17) is 0 Å². The molecule has 0 amide bonds. The van der Waals surface area contributed by atoms with Crippen LogP contribution >= 0.6 is 0 Å². The summed E-state index contributed by atoms with van der Waals surface area (Å²) in [6, 6.07) is 41.9. The fourth-order valence-electron chi connectivity index (χ4n) is 4.58. The maximum atomic E-state index is 2.35. The largest absolute Gasteiger partial charge is 0.310 e. The van der Waals surface area contributed by atoms with Crippen LogP contribution in [-0.4, -0.2) is 0 Å². The lowest BCUT2D eigenvalue weighted by Gasteiger charge is -2.27. The highest BCUT2D eigenvalue weighted by Crippen LogP contribution is 2.38. The van der Waals surface area contributed by atoms with E-state index in [1.165, 1.54) is 50.2 Å². The first-order chi connectivity index (χ1) is 17.0. The van der Waals surface area contributed by atoms with E-state index in [1.54, 1.807) is 0 Å². The first-order valence-electron chi connectivity index (χ1n) is 12.2. The number of hydrogen-bond acceptors (Lipinski definition) is 1.